The van der Waals surface area contributed by atoms with Gasteiger partial charge in [-0.25, -0.2) is 0 Å². The molecule has 0 spiro atoms. The Morgan fingerprint density at radius 2 is 2.15 bits per heavy atom. The number of nitrogens with zero attached hydrogens (tertiary/aromatic N) is 1. The fourth-order valence-electron chi connectivity index (χ4n) is 1.46. The van der Waals surface area contributed by atoms with Crippen LogP contribution in [0.3, 0.4) is 0 Å². The molecular weight excluding hydrogens is 180 g/mol. The lowest BCUT2D eigenvalue weighted by Crippen LogP contribution is -1.87. The zero-order valence-electron chi connectivity index (χ0n) is 7.74. The summed E-state index contributed by atoms with van der Waals surface area (Å²) in [5.41, 5.74) is 7.08. The molecule has 1 heterocycles. The lowest BCUT2D eigenvalue weighted by atomic mass is 10.0. The van der Waals surface area contributed by atoms with E-state index in [2.05, 4.69) is 24.3 Å². The van der Waals surface area contributed by atoms with E-state index in [1.54, 1.807) is 0 Å². The number of nitrogens with two attached hydrogens (primary N) is 1. The SMILES string of the molecule is CC(C)c1cccc2c(N)nsc12. The summed E-state index contributed by atoms with van der Waals surface area (Å²) in [5, 5.41) is 1.09. The third-order valence-corrected chi connectivity index (χ3v) is 3.10. The van der Waals surface area contributed by atoms with Crippen molar-refractivity contribution in [3.8, 4) is 0 Å². The molecule has 2 N–H and O–H groups in total. The lowest BCUT2D eigenvalue weighted by Gasteiger charge is -2.05. The highest BCUT2D eigenvalue weighted by Gasteiger charge is 2.08. The first-order valence-corrected chi connectivity index (χ1v) is 5.11. The molecule has 0 aliphatic rings. The number of aromatic nitrogens is 1. The molecular formula is C10H12N2S. The summed E-state index contributed by atoms with van der Waals surface area (Å²) in [5.74, 6) is 1.19. The van der Waals surface area contributed by atoms with Crippen LogP contribution in [-0.2, 0) is 0 Å². The van der Waals surface area contributed by atoms with Crippen molar-refractivity contribution in [3.63, 3.8) is 0 Å². The van der Waals surface area contributed by atoms with Gasteiger partial charge in [-0.15, -0.1) is 0 Å². The van der Waals surface area contributed by atoms with Gasteiger partial charge in [-0.2, -0.15) is 4.37 Å². The zero-order valence-corrected chi connectivity index (χ0v) is 8.56. The van der Waals surface area contributed by atoms with Crippen LogP contribution in [0.5, 0.6) is 0 Å². The second-order valence-electron chi connectivity index (χ2n) is 3.45. The van der Waals surface area contributed by atoms with Gasteiger partial charge in [0, 0.05) is 5.39 Å². The smallest absolute Gasteiger partial charge is 0.144 e. The van der Waals surface area contributed by atoms with E-state index in [0.717, 1.165) is 5.39 Å². The predicted octanol–water partition coefficient (Wildman–Crippen LogP) is 3.00. The van der Waals surface area contributed by atoms with Gasteiger partial charge in [0.05, 0.1) is 4.70 Å². The second kappa shape index (κ2) is 3.00. The van der Waals surface area contributed by atoms with Crippen molar-refractivity contribution in [1.82, 2.24) is 4.37 Å². The van der Waals surface area contributed by atoms with Gasteiger partial charge in [-0.1, -0.05) is 26.0 Å². The molecule has 2 aromatic rings. The first-order chi connectivity index (χ1) is 6.20. The molecule has 0 aliphatic heterocycles. The minimum atomic E-state index is 0.531. The molecule has 3 heteroatoms. The largest absolute Gasteiger partial charge is 0.382 e. The predicted molar refractivity (Wildman–Crippen MR) is 58.1 cm³/mol. The summed E-state index contributed by atoms with van der Waals surface area (Å²) < 4.78 is 5.39. The van der Waals surface area contributed by atoms with Crippen molar-refractivity contribution in [2.75, 3.05) is 5.73 Å². The fraction of sp³-hybridized carbons (Fsp3) is 0.300. The monoisotopic (exact) mass is 192 g/mol. The molecule has 0 aliphatic carbocycles. The molecule has 1 aromatic heterocycles. The number of hydrogen-bond donors (Lipinski definition) is 1. The van der Waals surface area contributed by atoms with Gasteiger partial charge in [0.25, 0.3) is 0 Å². The van der Waals surface area contributed by atoms with E-state index in [-0.39, 0.29) is 0 Å². The molecule has 0 bridgehead atoms. The first kappa shape index (κ1) is 8.51. The van der Waals surface area contributed by atoms with Gasteiger partial charge in [0.1, 0.15) is 5.82 Å². The highest BCUT2D eigenvalue weighted by atomic mass is 32.1. The molecule has 2 nitrogen and oxygen atoms in total. The Hall–Kier alpha value is -1.09. The molecule has 13 heavy (non-hydrogen) atoms. The number of anilines is 1. The minimum Gasteiger partial charge on any atom is -0.382 e. The molecule has 0 amide bonds. The van der Waals surface area contributed by atoms with Gasteiger partial charge in [-0.05, 0) is 29.1 Å². The van der Waals surface area contributed by atoms with Crippen molar-refractivity contribution in [2.45, 2.75) is 19.8 Å². The fourth-order valence-corrected chi connectivity index (χ4v) is 2.43. The Balaban J connectivity index is 2.77. The molecule has 0 radical (unpaired) electrons. The Morgan fingerprint density at radius 3 is 2.85 bits per heavy atom. The summed E-state index contributed by atoms with van der Waals surface area (Å²) in [4.78, 5) is 0. The van der Waals surface area contributed by atoms with E-state index in [1.165, 1.54) is 21.8 Å². The van der Waals surface area contributed by atoms with Crippen molar-refractivity contribution in [1.29, 1.82) is 0 Å². The number of fused-ring (bicyclic) bond motifs is 1. The number of rotatable bonds is 1. The van der Waals surface area contributed by atoms with Crippen LogP contribution in [0.15, 0.2) is 18.2 Å². The van der Waals surface area contributed by atoms with Crippen molar-refractivity contribution < 1.29 is 0 Å². The van der Waals surface area contributed by atoms with Crippen LogP contribution in [0.25, 0.3) is 10.1 Å². The molecule has 0 fully saturated rings. The van der Waals surface area contributed by atoms with E-state index < -0.39 is 0 Å². The Labute approximate surface area is 81.5 Å². The minimum absolute atomic E-state index is 0.531. The van der Waals surface area contributed by atoms with Gasteiger partial charge in [0.15, 0.2) is 0 Å². The standard InChI is InChI=1S/C10H12N2S/c1-6(2)7-4-3-5-8-9(7)13-12-10(8)11/h3-6H,1-2H3,(H2,11,12). The molecule has 0 atom stereocenters. The maximum atomic E-state index is 5.74. The average molecular weight is 192 g/mol. The van der Waals surface area contributed by atoms with Gasteiger partial charge in [0.2, 0.25) is 0 Å². The Morgan fingerprint density at radius 1 is 1.38 bits per heavy atom. The highest BCUT2D eigenvalue weighted by molar-refractivity contribution is 7.14. The zero-order chi connectivity index (χ0) is 9.42. The van der Waals surface area contributed by atoms with Crippen molar-refractivity contribution in [3.05, 3.63) is 23.8 Å². The van der Waals surface area contributed by atoms with Crippen LogP contribution in [0.1, 0.15) is 25.3 Å². The van der Waals surface area contributed by atoms with Crippen molar-refractivity contribution in [2.24, 2.45) is 0 Å². The van der Waals surface area contributed by atoms with Crippen LogP contribution in [0.4, 0.5) is 5.82 Å². The van der Waals surface area contributed by atoms with Crippen LogP contribution in [0, 0.1) is 0 Å². The summed E-state index contributed by atoms with van der Waals surface area (Å²) in [6.07, 6.45) is 0. The lowest BCUT2D eigenvalue weighted by molar-refractivity contribution is 0.878. The van der Waals surface area contributed by atoms with Crippen LogP contribution >= 0.6 is 11.5 Å². The normalized spacial score (nSPS) is 11.3. The summed E-state index contributed by atoms with van der Waals surface area (Å²) >= 11 is 1.49. The van der Waals surface area contributed by atoms with E-state index in [0.29, 0.717) is 11.7 Å². The van der Waals surface area contributed by atoms with E-state index in [1.807, 2.05) is 12.1 Å². The van der Waals surface area contributed by atoms with Crippen LogP contribution in [-0.4, -0.2) is 4.37 Å². The number of hydrogen-bond acceptors (Lipinski definition) is 3. The van der Waals surface area contributed by atoms with Gasteiger partial charge < -0.3 is 5.73 Å². The van der Waals surface area contributed by atoms with E-state index in [9.17, 15) is 0 Å². The molecule has 0 saturated carbocycles. The van der Waals surface area contributed by atoms with Crippen LogP contribution < -0.4 is 5.73 Å². The molecule has 0 saturated heterocycles. The summed E-state index contributed by atoms with van der Waals surface area (Å²) in [6, 6.07) is 6.22. The van der Waals surface area contributed by atoms with Crippen molar-refractivity contribution >= 4 is 27.4 Å². The molecule has 68 valence electrons. The molecule has 0 unspecified atom stereocenters. The quantitative estimate of drug-likeness (QED) is 0.754. The molecule has 2 rings (SSSR count). The number of nitrogen functional groups attached to an aromatic ring is 1. The van der Waals surface area contributed by atoms with E-state index in [4.69, 9.17) is 5.73 Å². The topological polar surface area (TPSA) is 38.9 Å². The van der Waals surface area contributed by atoms with Gasteiger partial charge >= 0.3 is 0 Å². The Kier molecular flexibility index (Phi) is 1.96. The maximum absolute atomic E-state index is 5.74. The Bertz CT molecular complexity index is 431. The maximum Gasteiger partial charge on any atom is 0.144 e. The number of benzene rings is 1. The highest BCUT2D eigenvalue weighted by Crippen LogP contribution is 2.31. The summed E-state index contributed by atoms with van der Waals surface area (Å²) in [6.45, 7) is 4.37. The second-order valence-corrected chi connectivity index (χ2v) is 4.22. The van der Waals surface area contributed by atoms with Gasteiger partial charge in [-0.3, -0.25) is 0 Å². The third kappa shape index (κ3) is 1.29. The first-order valence-electron chi connectivity index (χ1n) is 4.34. The van der Waals surface area contributed by atoms with E-state index >= 15 is 0 Å². The average Bonchev–Trinajstić information content (AvgIpc) is 2.48. The molecule has 1 aromatic carbocycles. The third-order valence-electron chi connectivity index (χ3n) is 2.18. The van der Waals surface area contributed by atoms with Crippen LogP contribution in [0.2, 0.25) is 0 Å². The summed E-state index contributed by atoms with van der Waals surface area (Å²) in [7, 11) is 0.